The fourth-order valence-corrected chi connectivity index (χ4v) is 7.54. The lowest BCUT2D eigenvalue weighted by molar-refractivity contribution is -0.131. The highest BCUT2D eigenvalue weighted by Gasteiger charge is 2.22. The molecule has 0 aliphatic carbocycles. The molecule has 3 atom stereocenters. The van der Waals surface area contributed by atoms with Crippen LogP contribution >= 0.6 is 0 Å². The van der Waals surface area contributed by atoms with Gasteiger partial charge in [0.1, 0.15) is 6.10 Å². The van der Waals surface area contributed by atoms with E-state index in [-0.39, 0.29) is 6.61 Å². The van der Waals surface area contributed by atoms with Crippen molar-refractivity contribution in [3.63, 3.8) is 0 Å². The SMILES string of the molecule is CCCCC/C=C/CC/C=C/CC/C=C/C(O)C(CO)NC(=O)C(O)CCCCCCCCCCCCCCCCCC/C=C\C/C=C\CCCCCCCCCCC. The van der Waals surface area contributed by atoms with E-state index < -0.39 is 24.2 Å². The summed E-state index contributed by atoms with van der Waals surface area (Å²) in [6, 6.07) is -0.822. The average Bonchev–Trinajstić information content (AvgIpc) is 3.24. The molecule has 344 valence electrons. The Bertz CT molecular complexity index is 1000. The zero-order valence-electron chi connectivity index (χ0n) is 39.1. The van der Waals surface area contributed by atoms with Crippen molar-refractivity contribution in [2.75, 3.05) is 6.61 Å². The third-order valence-corrected chi connectivity index (χ3v) is 11.6. The van der Waals surface area contributed by atoms with Crippen LogP contribution in [0, 0.1) is 0 Å². The second-order valence-electron chi connectivity index (χ2n) is 17.4. The maximum Gasteiger partial charge on any atom is 0.249 e. The van der Waals surface area contributed by atoms with Crippen LogP contribution in [-0.2, 0) is 4.79 Å². The van der Waals surface area contributed by atoms with Crippen molar-refractivity contribution in [3.05, 3.63) is 60.8 Å². The molecule has 0 spiro atoms. The fourth-order valence-electron chi connectivity index (χ4n) is 7.54. The van der Waals surface area contributed by atoms with Gasteiger partial charge >= 0.3 is 0 Å². The minimum absolute atomic E-state index is 0.382. The van der Waals surface area contributed by atoms with Crippen LogP contribution in [0.3, 0.4) is 0 Å². The molecule has 5 nitrogen and oxygen atoms in total. The van der Waals surface area contributed by atoms with Crippen molar-refractivity contribution < 1.29 is 20.1 Å². The molecule has 0 saturated carbocycles. The van der Waals surface area contributed by atoms with Crippen molar-refractivity contribution in [2.24, 2.45) is 0 Å². The van der Waals surface area contributed by atoms with E-state index >= 15 is 0 Å². The molecule has 0 radical (unpaired) electrons. The standard InChI is InChI=1S/C54H99NO4/c1-3-5-7-9-11-13-15-17-18-19-20-21-22-23-24-25-26-27-28-29-30-31-32-33-34-35-37-39-41-43-45-47-49-53(58)54(59)55-51(50-56)52(57)48-46-44-42-40-38-36-16-14-12-10-8-6-4-2/h12,14,20-21,23-24,38,40,46,48,51-53,56-58H,3-11,13,15-19,22,25-37,39,41-45,47,49-50H2,1-2H3,(H,55,59)/b14-12+,21-20-,24-23-,40-38+,48-46+. The zero-order chi connectivity index (χ0) is 43.0. The molecule has 0 bridgehead atoms. The van der Waals surface area contributed by atoms with Crippen molar-refractivity contribution in [1.82, 2.24) is 5.32 Å². The number of unbranched alkanes of at least 4 members (excludes halogenated alkanes) is 30. The first-order valence-electron chi connectivity index (χ1n) is 25.6. The van der Waals surface area contributed by atoms with Crippen LogP contribution in [0.4, 0.5) is 0 Å². The van der Waals surface area contributed by atoms with Crippen molar-refractivity contribution in [3.8, 4) is 0 Å². The number of nitrogens with one attached hydrogen (secondary N) is 1. The molecule has 0 aromatic rings. The highest BCUT2D eigenvalue weighted by atomic mass is 16.3. The molecule has 0 aromatic carbocycles. The normalized spacial score (nSPS) is 13.9. The van der Waals surface area contributed by atoms with Gasteiger partial charge < -0.3 is 20.6 Å². The maximum atomic E-state index is 12.5. The predicted octanol–water partition coefficient (Wildman–Crippen LogP) is 15.4. The topological polar surface area (TPSA) is 89.8 Å². The Hall–Kier alpha value is -1.95. The van der Waals surface area contributed by atoms with Crippen LogP contribution in [0.5, 0.6) is 0 Å². The molecule has 0 heterocycles. The summed E-state index contributed by atoms with van der Waals surface area (Å²) in [6.45, 7) is 4.13. The molecular weight excluding hydrogens is 727 g/mol. The fraction of sp³-hybridized carbons (Fsp3) is 0.796. The second kappa shape index (κ2) is 48.7. The highest BCUT2D eigenvalue weighted by Crippen LogP contribution is 2.16. The summed E-state index contributed by atoms with van der Waals surface area (Å²) in [5, 5.41) is 33.1. The Morgan fingerprint density at radius 1 is 0.424 bits per heavy atom. The first-order chi connectivity index (χ1) is 29.1. The van der Waals surface area contributed by atoms with Gasteiger partial charge in [-0.05, 0) is 77.0 Å². The number of aliphatic hydroxyl groups excluding tert-OH is 3. The van der Waals surface area contributed by atoms with Gasteiger partial charge in [-0.3, -0.25) is 4.79 Å². The maximum absolute atomic E-state index is 12.5. The highest BCUT2D eigenvalue weighted by molar-refractivity contribution is 5.80. The van der Waals surface area contributed by atoms with E-state index in [1.807, 2.05) is 6.08 Å². The lowest BCUT2D eigenvalue weighted by Gasteiger charge is -2.21. The lowest BCUT2D eigenvalue weighted by atomic mass is 10.0. The van der Waals surface area contributed by atoms with E-state index in [9.17, 15) is 20.1 Å². The Morgan fingerprint density at radius 2 is 0.746 bits per heavy atom. The minimum Gasteiger partial charge on any atom is -0.394 e. The van der Waals surface area contributed by atoms with Crippen LogP contribution < -0.4 is 5.32 Å². The van der Waals surface area contributed by atoms with E-state index in [2.05, 4.69) is 67.8 Å². The van der Waals surface area contributed by atoms with Crippen molar-refractivity contribution in [2.45, 2.75) is 270 Å². The third kappa shape index (κ3) is 43.9. The molecule has 0 aromatic heterocycles. The van der Waals surface area contributed by atoms with Crippen LogP contribution in [-0.4, -0.2) is 46.1 Å². The molecule has 0 saturated heterocycles. The van der Waals surface area contributed by atoms with Gasteiger partial charge in [-0.25, -0.2) is 0 Å². The first-order valence-corrected chi connectivity index (χ1v) is 25.6. The van der Waals surface area contributed by atoms with Gasteiger partial charge in [0.05, 0.1) is 18.8 Å². The molecule has 3 unspecified atom stereocenters. The molecule has 4 N–H and O–H groups in total. The molecule has 0 aliphatic rings. The summed E-state index contributed by atoms with van der Waals surface area (Å²) in [5.74, 6) is -0.518. The van der Waals surface area contributed by atoms with Crippen LogP contribution in [0.15, 0.2) is 60.8 Å². The number of amides is 1. The van der Waals surface area contributed by atoms with Crippen LogP contribution in [0.2, 0.25) is 0 Å². The quantitative estimate of drug-likeness (QED) is 0.0363. The number of carbonyl (C=O) groups is 1. The van der Waals surface area contributed by atoms with E-state index in [0.717, 1.165) is 51.4 Å². The van der Waals surface area contributed by atoms with E-state index in [0.29, 0.717) is 6.42 Å². The van der Waals surface area contributed by atoms with Gasteiger partial charge in [0.15, 0.2) is 0 Å². The molecule has 59 heavy (non-hydrogen) atoms. The number of aliphatic hydroxyl groups is 3. The van der Waals surface area contributed by atoms with E-state index in [1.54, 1.807) is 6.08 Å². The number of hydrogen-bond donors (Lipinski definition) is 4. The largest absolute Gasteiger partial charge is 0.394 e. The number of rotatable bonds is 46. The van der Waals surface area contributed by atoms with E-state index in [1.165, 1.54) is 180 Å². The summed E-state index contributed by atoms with van der Waals surface area (Å²) >= 11 is 0. The summed E-state index contributed by atoms with van der Waals surface area (Å²) in [7, 11) is 0. The van der Waals surface area contributed by atoms with Gasteiger partial charge in [0, 0.05) is 0 Å². The van der Waals surface area contributed by atoms with Gasteiger partial charge in [-0.15, -0.1) is 0 Å². The molecule has 0 fully saturated rings. The minimum atomic E-state index is -1.11. The van der Waals surface area contributed by atoms with Crippen molar-refractivity contribution in [1.29, 1.82) is 0 Å². The number of carbonyl (C=O) groups excluding carboxylic acids is 1. The van der Waals surface area contributed by atoms with Gasteiger partial charge in [0.2, 0.25) is 5.91 Å². The molecule has 0 rings (SSSR count). The summed E-state index contributed by atoms with van der Waals surface area (Å²) in [5.41, 5.74) is 0. The van der Waals surface area contributed by atoms with Crippen molar-refractivity contribution >= 4 is 5.91 Å². The smallest absolute Gasteiger partial charge is 0.249 e. The second-order valence-corrected chi connectivity index (χ2v) is 17.4. The Morgan fingerprint density at radius 3 is 1.17 bits per heavy atom. The number of allylic oxidation sites excluding steroid dienone is 9. The summed E-state index contributed by atoms with van der Waals surface area (Å²) in [4.78, 5) is 12.5. The Kier molecular flexibility index (Phi) is 47.1. The zero-order valence-corrected chi connectivity index (χ0v) is 39.1. The third-order valence-electron chi connectivity index (χ3n) is 11.6. The van der Waals surface area contributed by atoms with Crippen LogP contribution in [0.1, 0.15) is 251 Å². The predicted molar refractivity (Wildman–Crippen MR) is 259 cm³/mol. The van der Waals surface area contributed by atoms with Gasteiger partial charge in [-0.1, -0.05) is 235 Å². The molecule has 0 aliphatic heterocycles. The monoisotopic (exact) mass is 826 g/mol. The summed E-state index contributed by atoms with van der Waals surface area (Å²) < 4.78 is 0. The molecule has 5 heteroatoms. The summed E-state index contributed by atoms with van der Waals surface area (Å²) in [6.07, 6.45) is 65.8. The van der Waals surface area contributed by atoms with Gasteiger partial charge in [-0.2, -0.15) is 0 Å². The van der Waals surface area contributed by atoms with Gasteiger partial charge in [0.25, 0.3) is 0 Å². The van der Waals surface area contributed by atoms with Crippen LogP contribution in [0.25, 0.3) is 0 Å². The number of hydrogen-bond acceptors (Lipinski definition) is 4. The lowest BCUT2D eigenvalue weighted by Crippen LogP contribution is -2.48. The van der Waals surface area contributed by atoms with E-state index in [4.69, 9.17) is 0 Å². The Balaban J connectivity index is 3.57. The molecule has 1 amide bonds. The Labute approximate surface area is 367 Å². The average molecular weight is 826 g/mol. The first kappa shape index (κ1) is 57.1. The molecular formula is C54H99NO4.